The van der Waals surface area contributed by atoms with Gasteiger partial charge in [0.05, 0.1) is 6.21 Å². The summed E-state index contributed by atoms with van der Waals surface area (Å²) in [5, 5.41) is 13.7. The number of phenols is 1. The van der Waals surface area contributed by atoms with Crippen LogP contribution in [0.25, 0.3) is 0 Å². The molecular formula is C14H11BrN2OS. The fourth-order valence-electron chi connectivity index (χ4n) is 1.44. The number of aromatic hydroxyl groups is 1. The van der Waals surface area contributed by atoms with E-state index in [9.17, 15) is 5.11 Å². The van der Waals surface area contributed by atoms with Crippen molar-refractivity contribution < 1.29 is 5.11 Å². The van der Waals surface area contributed by atoms with Crippen LogP contribution in [-0.2, 0) is 0 Å². The largest absolute Gasteiger partial charge is 0.507 e. The molecule has 0 aromatic heterocycles. The molecule has 2 aromatic rings. The van der Waals surface area contributed by atoms with E-state index in [2.05, 4.69) is 26.5 Å². The van der Waals surface area contributed by atoms with Gasteiger partial charge in [-0.05, 0) is 18.2 Å². The number of nitrogens with one attached hydrogen (secondary N) is 1. The average Bonchev–Trinajstić information content (AvgIpc) is 2.43. The van der Waals surface area contributed by atoms with E-state index < -0.39 is 0 Å². The molecule has 96 valence electrons. The second kappa shape index (κ2) is 6.45. The Morgan fingerprint density at radius 3 is 2.68 bits per heavy atom. The Kier molecular flexibility index (Phi) is 4.65. The van der Waals surface area contributed by atoms with Gasteiger partial charge < -0.3 is 5.11 Å². The van der Waals surface area contributed by atoms with Gasteiger partial charge in [0.15, 0.2) is 0 Å². The number of rotatable bonds is 3. The smallest absolute Gasteiger partial charge is 0.126 e. The number of benzene rings is 2. The van der Waals surface area contributed by atoms with Gasteiger partial charge >= 0.3 is 0 Å². The summed E-state index contributed by atoms with van der Waals surface area (Å²) in [6, 6.07) is 14.7. The molecule has 0 spiro atoms. The zero-order chi connectivity index (χ0) is 13.7. The number of nitrogens with zero attached hydrogens (tertiary/aromatic N) is 1. The van der Waals surface area contributed by atoms with E-state index in [0.29, 0.717) is 10.6 Å². The molecule has 0 aliphatic heterocycles. The van der Waals surface area contributed by atoms with Crippen molar-refractivity contribution in [1.29, 1.82) is 0 Å². The molecule has 0 fully saturated rings. The minimum Gasteiger partial charge on any atom is -0.507 e. The van der Waals surface area contributed by atoms with Crippen LogP contribution in [0.4, 0.5) is 0 Å². The van der Waals surface area contributed by atoms with Gasteiger partial charge in [0.25, 0.3) is 0 Å². The minimum atomic E-state index is 0.166. The first-order valence-corrected chi connectivity index (χ1v) is 6.74. The van der Waals surface area contributed by atoms with Crippen LogP contribution in [-0.4, -0.2) is 16.3 Å². The summed E-state index contributed by atoms with van der Waals surface area (Å²) in [6.07, 6.45) is 1.52. The number of hydrogen-bond donors (Lipinski definition) is 2. The van der Waals surface area contributed by atoms with Crippen molar-refractivity contribution in [3.63, 3.8) is 0 Å². The van der Waals surface area contributed by atoms with Gasteiger partial charge in [-0.25, -0.2) is 0 Å². The molecule has 0 bridgehead atoms. The Hall–Kier alpha value is -1.72. The Bertz CT molecular complexity index is 614. The molecule has 2 aromatic carbocycles. The molecule has 0 atom stereocenters. The van der Waals surface area contributed by atoms with E-state index in [0.717, 1.165) is 10.0 Å². The molecule has 3 nitrogen and oxygen atoms in total. The van der Waals surface area contributed by atoms with Gasteiger partial charge in [-0.15, -0.1) is 0 Å². The zero-order valence-electron chi connectivity index (χ0n) is 9.88. The third kappa shape index (κ3) is 3.87. The molecule has 0 radical (unpaired) electrons. The predicted octanol–water partition coefficient (Wildman–Crippen LogP) is 3.45. The summed E-state index contributed by atoms with van der Waals surface area (Å²) in [5.74, 6) is 0.166. The van der Waals surface area contributed by atoms with Crippen molar-refractivity contribution >= 4 is 39.4 Å². The highest BCUT2D eigenvalue weighted by Gasteiger charge is 2.00. The summed E-state index contributed by atoms with van der Waals surface area (Å²) in [5.41, 5.74) is 4.27. The Balaban J connectivity index is 2.04. The van der Waals surface area contributed by atoms with Gasteiger partial charge in [-0.1, -0.05) is 58.5 Å². The van der Waals surface area contributed by atoms with Crippen LogP contribution < -0.4 is 5.43 Å². The average molecular weight is 335 g/mol. The Morgan fingerprint density at radius 2 is 1.95 bits per heavy atom. The van der Waals surface area contributed by atoms with Crippen LogP contribution in [0, 0.1) is 0 Å². The fourth-order valence-corrected chi connectivity index (χ4v) is 2.01. The van der Waals surface area contributed by atoms with Crippen molar-refractivity contribution in [2.45, 2.75) is 0 Å². The molecule has 5 heteroatoms. The lowest BCUT2D eigenvalue weighted by Crippen LogP contribution is -2.16. The maximum atomic E-state index is 9.64. The summed E-state index contributed by atoms with van der Waals surface area (Å²) < 4.78 is 0.873. The van der Waals surface area contributed by atoms with E-state index in [1.165, 1.54) is 6.21 Å². The molecule has 0 saturated carbocycles. The first-order chi connectivity index (χ1) is 9.16. The van der Waals surface area contributed by atoms with Crippen LogP contribution in [0.1, 0.15) is 11.1 Å². The molecular weight excluding hydrogens is 324 g/mol. The summed E-state index contributed by atoms with van der Waals surface area (Å²) in [4.78, 5) is 0.534. The van der Waals surface area contributed by atoms with Gasteiger partial charge in [-0.3, -0.25) is 5.43 Å². The highest BCUT2D eigenvalue weighted by molar-refractivity contribution is 9.10. The van der Waals surface area contributed by atoms with E-state index >= 15 is 0 Å². The Morgan fingerprint density at radius 1 is 1.21 bits per heavy atom. The van der Waals surface area contributed by atoms with E-state index in [-0.39, 0.29) is 5.75 Å². The molecule has 0 heterocycles. The standard InChI is InChI=1S/C14H11BrN2OS/c15-12-6-7-13(18)11(8-12)9-16-17-14(19)10-4-2-1-3-5-10/h1-9,18H,(H,17,19). The third-order valence-corrected chi connectivity index (χ3v) is 3.22. The SMILES string of the molecule is Oc1ccc(Br)cc1C=NNC(=S)c1ccccc1. The first-order valence-electron chi connectivity index (χ1n) is 5.54. The van der Waals surface area contributed by atoms with Crippen molar-refractivity contribution in [1.82, 2.24) is 5.43 Å². The summed E-state index contributed by atoms with van der Waals surface area (Å²) in [6.45, 7) is 0. The minimum absolute atomic E-state index is 0.166. The van der Waals surface area contributed by atoms with E-state index in [1.54, 1.807) is 18.2 Å². The molecule has 0 amide bonds. The second-order valence-corrected chi connectivity index (χ2v) is 5.09. The molecule has 2 N–H and O–H groups in total. The van der Waals surface area contributed by atoms with Gasteiger partial charge in [0.2, 0.25) is 0 Å². The summed E-state index contributed by atoms with van der Waals surface area (Å²) >= 11 is 8.53. The number of halogens is 1. The lowest BCUT2D eigenvalue weighted by atomic mass is 10.2. The van der Waals surface area contributed by atoms with Crippen molar-refractivity contribution in [3.05, 3.63) is 64.1 Å². The fraction of sp³-hybridized carbons (Fsp3) is 0. The lowest BCUT2D eigenvalue weighted by molar-refractivity contribution is 0.474. The molecule has 0 unspecified atom stereocenters. The highest BCUT2D eigenvalue weighted by Crippen LogP contribution is 2.19. The van der Waals surface area contributed by atoms with Crippen LogP contribution in [0.2, 0.25) is 0 Å². The molecule has 0 aliphatic carbocycles. The van der Waals surface area contributed by atoms with E-state index in [1.807, 2.05) is 30.3 Å². The number of thiocarbonyl (C=S) groups is 1. The highest BCUT2D eigenvalue weighted by atomic mass is 79.9. The topological polar surface area (TPSA) is 44.6 Å². The lowest BCUT2D eigenvalue weighted by Gasteiger charge is -2.03. The van der Waals surface area contributed by atoms with Gasteiger partial charge in [0, 0.05) is 15.6 Å². The number of hydrazone groups is 1. The van der Waals surface area contributed by atoms with Gasteiger partial charge in [0.1, 0.15) is 10.7 Å². The van der Waals surface area contributed by atoms with Crippen molar-refractivity contribution in [3.8, 4) is 5.75 Å². The third-order valence-electron chi connectivity index (χ3n) is 2.40. The number of hydrogen-bond acceptors (Lipinski definition) is 3. The second-order valence-electron chi connectivity index (χ2n) is 3.77. The molecule has 2 rings (SSSR count). The maximum absolute atomic E-state index is 9.64. The normalized spacial score (nSPS) is 10.6. The van der Waals surface area contributed by atoms with E-state index in [4.69, 9.17) is 12.2 Å². The predicted molar refractivity (Wildman–Crippen MR) is 84.7 cm³/mol. The molecule has 19 heavy (non-hydrogen) atoms. The summed E-state index contributed by atoms with van der Waals surface area (Å²) in [7, 11) is 0. The van der Waals surface area contributed by atoms with Crippen LogP contribution in [0.3, 0.4) is 0 Å². The van der Waals surface area contributed by atoms with Crippen molar-refractivity contribution in [2.75, 3.05) is 0 Å². The monoisotopic (exact) mass is 334 g/mol. The molecule has 0 saturated heterocycles. The Labute approximate surface area is 125 Å². The van der Waals surface area contributed by atoms with Crippen LogP contribution in [0.5, 0.6) is 5.75 Å². The quantitative estimate of drug-likeness (QED) is 0.513. The first kappa shape index (κ1) is 13.7. The maximum Gasteiger partial charge on any atom is 0.126 e. The molecule has 0 aliphatic rings. The van der Waals surface area contributed by atoms with Crippen LogP contribution in [0.15, 0.2) is 58.1 Å². The van der Waals surface area contributed by atoms with Crippen molar-refractivity contribution in [2.24, 2.45) is 5.10 Å². The van der Waals surface area contributed by atoms with Crippen LogP contribution >= 0.6 is 28.1 Å². The van der Waals surface area contributed by atoms with Gasteiger partial charge in [-0.2, -0.15) is 5.10 Å². The zero-order valence-corrected chi connectivity index (χ0v) is 12.3. The number of phenolic OH excluding ortho intramolecular Hbond substituents is 1.